The van der Waals surface area contributed by atoms with Gasteiger partial charge in [-0.1, -0.05) is 12.1 Å². The number of rotatable bonds is 2. The highest BCUT2D eigenvalue weighted by atomic mass is 19.1. The smallest absolute Gasteiger partial charge is 0.147 e. The summed E-state index contributed by atoms with van der Waals surface area (Å²) in [5.41, 5.74) is 0.513. The normalized spacial score (nSPS) is 19.7. The van der Waals surface area contributed by atoms with E-state index in [0.29, 0.717) is 11.6 Å². The summed E-state index contributed by atoms with van der Waals surface area (Å²) in [7, 11) is 0. The topological polar surface area (TPSA) is 42.7 Å². The van der Waals surface area contributed by atoms with E-state index in [9.17, 15) is 4.39 Å². The molecule has 2 aromatic rings. The Balaban J connectivity index is 2.04. The minimum atomic E-state index is -0.250. The number of nitrogens with one attached hydrogen (secondary N) is 1. The molecule has 3 rings (SSSR count). The summed E-state index contributed by atoms with van der Waals surface area (Å²) in [5.74, 6) is 0.900. The largest absolute Gasteiger partial charge is 0.316 e. The van der Waals surface area contributed by atoms with Crippen molar-refractivity contribution < 1.29 is 4.39 Å². The number of hydrogen-bond acceptors (Lipinski definition) is 3. The highest BCUT2D eigenvalue weighted by molar-refractivity contribution is 5.34. The van der Waals surface area contributed by atoms with E-state index < -0.39 is 0 Å². The SMILES string of the molecule is Fc1ccccc1-n1cnnc1C1CCNC1. The Morgan fingerprint density at radius 1 is 1.35 bits per heavy atom. The van der Waals surface area contributed by atoms with Crippen molar-refractivity contribution in [3.8, 4) is 5.69 Å². The van der Waals surface area contributed by atoms with Crippen molar-refractivity contribution in [1.82, 2.24) is 20.1 Å². The molecule has 0 radical (unpaired) electrons. The molecule has 1 unspecified atom stereocenters. The van der Waals surface area contributed by atoms with Gasteiger partial charge in [-0.3, -0.25) is 4.57 Å². The van der Waals surface area contributed by atoms with E-state index >= 15 is 0 Å². The first-order valence-electron chi connectivity index (χ1n) is 5.72. The molecule has 1 aliphatic heterocycles. The van der Waals surface area contributed by atoms with Gasteiger partial charge in [-0.05, 0) is 25.1 Å². The lowest BCUT2D eigenvalue weighted by atomic mass is 10.1. The number of halogens is 1. The molecular weight excluding hydrogens is 219 g/mol. The van der Waals surface area contributed by atoms with E-state index in [1.807, 2.05) is 6.07 Å². The molecule has 4 nitrogen and oxygen atoms in total. The quantitative estimate of drug-likeness (QED) is 0.853. The number of benzene rings is 1. The predicted octanol–water partition coefficient (Wildman–Crippen LogP) is 1.48. The zero-order valence-corrected chi connectivity index (χ0v) is 9.31. The first-order valence-corrected chi connectivity index (χ1v) is 5.72. The lowest BCUT2D eigenvalue weighted by molar-refractivity contribution is 0.607. The van der Waals surface area contributed by atoms with Crippen molar-refractivity contribution in [3.05, 3.63) is 42.2 Å². The molecule has 5 heteroatoms. The maximum absolute atomic E-state index is 13.7. The first-order chi connectivity index (χ1) is 8.36. The molecule has 1 aromatic carbocycles. The second-order valence-electron chi connectivity index (χ2n) is 4.20. The van der Waals surface area contributed by atoms with Crippen molar-refractivity contribution in [3.63, 3.8) is 0 Å². The van der Waals surface area contributed by atoms with Crippen LogP contribution in [-0.4, -0.2) is 27.9 Å². The minimum absolute atomic E-state index is 0.250. The van der Waals surface area contributed by atoms with Crippen molar-refractivity contribution in [2.24, 2.45) is 0 Å². The maximum atomic E-state index is 13.7. The Morgan fingerprint density at radius 3 is 3.00 bits per heavy atom. The van der Waals surface area contributed by atoms with Gasteiger partial charge in [0.1, 0.15) is 18.0 Å². The van der Waals surface area contributed by atoms with E-state index in [0.717, 1.165) is 25.3 Å². The summed E-state index contributed by atoms with van der Waals surface area (Å²) in [6, 6.07) is 6.69. The molecule has 0 amide bonds. The zero-order chi connectivity index (χ0) is 11.7. The molecule has 0 spiro atoms. The van der Waals surface area contributed by atoms with Gasteiger partial charge in [-0.2, -0.15) is 0 Å². The van der Waals surface area contributed by atoms with Crippen LogP contribution in [0.1, 0.15) is 18.2 Å². The van der Waals surface area contributed by atoms with Crippen LogP contribution < -0.4 is 5.32 Å². The molecule has 17 heavy (non-hydrogen) atoms. The molecule has 1 aliphatic rings. The average Bonchev–Trinajstić information content (AvgIpc) is 3.00. The molecule has 88 valence electrons. The lowest BCUT2D eigenvalue weighted by Gasteiger charge is -2.11. The van der Waals surface area contributed by atoms with Gasteiger partial charge >= 0.3 is 0 Å². The Bertz CT molecular complexity index is 517. The minimum Gasteiger partial charge on any atom is -0.316 e. The van der Waals surface area contributed by atoms with Crippen LogP contribution >= 0.6 is 0 Å². The Kier molecular flexibility index (Phi) is 2.60. The van der Waals surface area contributed by atoms with Gasteiger partial charge in [0, 0.05) is 12.5 Å². The highest BCUT2D eigenvalue weighted by Gasteiger charge is 2.23. The van der Waals surface area contributed by atoms with Crippen molar-refractivity contribution >= 4 is 0 Å². The van der Waals surface area contributed by atoms with Crippen LogP contribution in [0.5, 0.6) is 0 Å². The molecule has 1 atom stereocenters. The van der Waals surface area contributed by atoms with Gasteiger partial charge in [-0.15, -0.1) is 10.2 Å². The number of nitrogens with zero attached hydrogens (tertiary/aromatic N) is 3. The first kappa shape index (κ1) is 10.4. The van der Waals surface area contributed by atoms with Crippen LogP contribution in [0.3, 0.4) is 0 Å². The summed E-state index contributed by atoms with van der Waals surface area (Å²) < 4.78 is 15.5. The van der Waals surface area contributed by atoms with Crippen LogP contribution in [0.4, 0.5) is 4.39 Å². The van der Waals surface area contributed by atoms with Gasteiger partial charge in [0.25, 0.3) is 0 Å². The van der Waals surface area contributed by atoms with E-state index in [1.54, 1.807) is 23.0 Å². The number of aromatic nitrogens is 3. The zero-order valence-electron chi connectivity index (χ0n) is 9.31. The standard InChI is InChI=1S/C12H13FN4/c13-10-3-1-2-4-11(10)17-8-15-16-12(17)9-5-6-14-7-9/h1-4,8-9,14H,5-7H2. The summed E-state index contributed by atoms with van der Waals surface area (Å²) in [5, 5.41) is 11.3. The summed E-state index contributed by atoms with van der Waals surface area (Å²) in [4.78, 5) is 0. The highest BCUT2D eigenvalue weighted by Crippen LogP contribution is 2.23. The third-order valence-corrected chi connectivity index (χ3v) is 3.11. The fraction of sp³-hybridized carbons (Fsp3) is 0.333. The van der Waals surface area contributed by atoms with Crippen LogP contribution in [-0.2, 0) is 0 Å². The lowest BCUT2D eigenvalue weighted by Crippen LogP contribution is -2.12. The number of para-hydroxylation sites is 1. The van der Waals surface area contributed by atoms with E-state index in [1.165, 1.54) is 6.07 Å². The summed E-state index contributed by atoms with van der Waals surface area (Å²) in [6.45, 7) is 1.86. The summed E-state index contributed by atoms with van der Waals surface area (Å²) in [6.07, 6.45) is 2.60. The molecule has 0 bridgehead atoms. The second-order valence-corrected chi connectivity index (χ2v) is 4.20. The van der Waals surface area contributed by atoms with Crippen LogP contribution in [0.15, 0.2) is 30.6 Å². The van der Waals surface area contributed by atoms with Crippen molar-refractivity contribution in [1.29, 1.82) is 0 Å². The molecule has 2 heterocycles. The van der Waals surface area contributed by atoms with Crippen LogP contribution in [0.25, 0.3) is 5.69 Å². The average molecular weight is 232 g/mol. The van der Waals surface area contributed by atoms with Crippen LogP contribution in [0.2, 0.25) is 0 Å². The van der Waals surface area contributed by atoms with Crippen molar-refractivity contribution in [2.75, 3.05) is 13.1 Å². The molecular formula is C12H13FN4. The van der Waals surface area contributed by atoms with E-state index in [4.69, 9.17) is 0 Å². The van der Waals surface area contributed by atoms with Gasteiger partial charge in [0.15, 0.2) is 0 Å². The second kappa shape index (κ2) is 4.25. The maximum Gasteiger partial charge on any atom is 0.147 e. The van der Waals surface area contributed by atoms with E-state index in [2.05, 4.69) is 15.5 Å². The molecule has 1 fully saturated rings. The van der Waals surface area contributed by atoms with Gasteiger partial charge in [0.05, 0.1) is 5.69 Å². The third-order valence-electron chi connectivity index (χ3n) is 3.11. The molecule has 1 N–H and O–H groups in total. The van der Waals surface area contributed by atoms with Gasteiger partial charge in [-0.25, -0.2) is 4.39 Å². The molecule has 0 saturated carbocycles. The Labute approximate surface area is 98.5 Å². The van der Waals surface area contributed by atoms with Crippen LogP contribution in [0, 0.1) is 5.82 Å². The molecule has 1 saturated heterocycles. The van der Waals surface area contributed by atoms with Gasteiger partial charge in [0.2, 0.25) is 0 Å². The number of hydrogen-bond donors (Lipinski definition) is 1. The Morgan fingerprint density at radius 2 is 2.24 bits per heavy atom. The fourth-order valence-corrected chi connectivity index (χ4v) is 2.23. The molecule has 1 aromatic heterocycles. The summed E-state index contributed by atoms with van der Waals surface area (Å²) >= 11 is 0. The van der Waals surface area contributed by atoms with Crippen molar-refractivity contribution in [2.45, 2.75) is 12.3 Å². The fourth-order valence-electron chi connectivity index (χ4n) is 2.23. The Hall–Kier alpha value is -1.75. The van der Waals surface area contributed by atoms with Gasteiger partial charge < -0.3 is 5.32 Å². The monoisotopic (exact) mass is 232 g/mol. The third kappa shape index (κ3) is 1.82. The molecule has 0 aliphatic carbocycles. The predicted molar refractivity (Wildman–Crippen MR) is 61.5 cm³/mol. The van der Waals surface area contributed by atoms with E-state index in [-0.39, 0.29) is 5.82 Å².